The van der Waals surface area contributed by atoms with E-state index >= 15 is 0 Å². The summed E-state index contributed by atoms with van der Waals surface area (Å²) in [6, 6.07) is 5.87. The third-order valence-corrected chi connectivity index (χ3v) is 4.42. The lowest BCUT2D eigenvalue weighted by Gasteiger charge is -2.47. The first kappa shape index (κ1) is 14.2. The standard InChI is InChI=1S/C16H22ClNO2/c1-16(11-19)9-18(10-16)7-13-6-14(17)4-5-15(13)20-8-12-2-3-12/h4-6,12,19H,2-3,7-11H2,1H3. The predicted molar refractivity (Wildman–Crippen MR) is 80.1 cm³/mol. The third kappa shape index (κ3) is 3.27. The van der Waals surface area contributed by atoms with E-state index in [1.54, 1.807) is 0 Å². The predicted octanol–water partition coefficient (Wildman–Crippen LogP) is 2.94. The topological polar surface area (TPSA) is 32.7 Å². The molecule has 1 aromatic carbocycles. The smallest absolute Gasteiger partial charge is 0.123 e. The lowest BCUT2D eigenvalue weighted by molar-refractivity contribution is -0.0322. The van der Waals surface area contributed by atoms with Crippen LogP contribution in [0.15, 0.2) is 18.2 Å². The molecular formula is C16H22ClNO2. The molecule has 1 N–H and O–H groups in total. The number of nitrogens with zero attached hydrogens (tertiary/aromatic N) is 1. The van der Waals surface area contributed by atoms with E-state index in [0.717, 1.165) is 48.5 Å². The van der Waals surface area contributed by atoms with Gasteiger partial charge in [0.2, 0.25) is 0 Å². The Morgan fingerprint density at radius 1 is 1.40 bits per heavy atom. The second kappa shape index (κ2) is 5.55. The molecule has 0 radical (unpaired) electrons. The Bertz CT molecular complexity index is 481. The van der Waals surface area contributed by atoms with E-state index in [1.165, 1.54) is 12.8 Å². The lowest BCUT2D eigenvalue weighted by Crippen LogP contribution is -2.55. The van der Waals surface area contributed by atoms with Crippen LogP contribution in [0.3, 0.4) is 0 Å². The zero-order valence-corrected chi connectivity index (χ0v) is 12.7. The Morgan fingerprint density at radius 3 is 2.80 bits per heavy atom. The highest BCUT2D eigenvalue weighted by Crippen LogP contribution is 2.34. The summed E-state index contributed by atoms with van der Waals surface area (Å²) >= 11 is 6.11. The van der Waals surface area contributed by atoms with Crippen molar-refractivity contribution in [1.82, 2.24) is 4.90 Å². The monoisotopic (exact) mass is 295 g/mol. The van der Waals surface area contributed by atoms with Gasteiger partial charge in [0, 0.05) is 35.6 Å². The van der Waals surface area contributed by atoms with Crippen LogP contribution in [0.5, 0.6) is 5.75 Å². The minimum Gasteiger partial charge on any atom is -0.493 e. The van der Waals surface area contributed by atoms with Crippen LogP contribution >= 0.6 is 11.6 Å². The fourth-order valence-electron chi connectivity index (χ4n) is 2.79. The Balaban J connectivity index is 1.63. The first-order valence-corrected chi connectivity index (χ1v) is 7.70. The molecule has 1 aromatic rings. The molecule has 3 rings (SSSR count). The van der Waals surface area contributed by atoms with Crippen molar-refractivity contribution in [2.75, 3.05) is 26.3 Å². The number of ether oxygens (including phenoxy) is 1. The summed E-state index contributed by atoms with van der Waals surface area (Å²) in [4.78, 5) is 2.33. The van der Waals surface area contributed by atoms with Crippen LogP contribution in [0, 0.1) is 11.3 Å². The number of benzene rings is 1. The van der Waals surface area contributed by atoms with Gasteiger partial charge in [0.25, 0.3) is 0 Å². The number of aliphatic hydroxyl groups excluding tert-OH is 1. The molecule has 1 heterocycles. The van der Waals surface area contributed by atoms with Gasteiger partial charge in [-0.25, -0.2) is 0 Å². The van der Waals surface area contributed by atoms with Gasteiger partial charge in [-0.05, 0) is 37.0 Å². The molecule has 4 heteroatoms. The molecule has 1 aliphatic heterocycles. The summed E-state index contributed by atoms with van der Waals surface area (Å²) in [7, 11) is 0. The fraction of sp³-hybridized carbons (Fsp3) is 0.625. The van der Waals surface area contributed by atoms with Crippen molar-refractivity contribution >= 4 is 11.6 Å². The Labute approximate surface area is 125 Å². The van der Waals surface area contributed by atoms with Gasteiger partial charge in [0.1, 0.15) is 5.75 Å². The van der Waals surface area contributed by atoms with Gasteiger partial charge in [0.15, 0.2) is 0 Å². The Hall–Kier alpha value is -0.770. The van der Waals surface area contributed by atoms with Gasteiger partial charge in [-0.1, -0.05) is 18.5 Å². The number of hydrogen-bond donors (Lipinski definition) is 1. The molecular weight excluding hydrogens is 274 g/mol. The zero-order chi connectivity index (χ0) is 14.2. The summed E-state index contributed by atoms with van der Waals surface area (Å²) < 4.78 is 5.93. The number of hydrogen-bond acceptors (Lipinski definition) is 3. The minimum atomic E-state index is 0.0631. The van der Waals surface area contributed by atoms with Crippen molar-refractivity contribution in [2.45, 2.75) is 26.3 Å². The SMILES string of the molecule is CC1(CO)CN(Cc2cc(Cl)ccc2OCC2CC2)C1. The second-order valence-corrected chi connectivity index (χ2v) is 7.06. The van der Waals surface area contributed by atoms with E-state index in [2.05, 4.69) is 11.8 Å². The maximum Gasteiger partial charge on any atom is 0.123 e. The minimum absolute atomic E-state index is 0.0631. The van der Waals surface area contributed by atoms with E-state index in [0.29, 0.717) is 0 Å². The highest BCUT2D eigenvalue weighted by atomic mass is 35.5. The summed E-state index contributed by atoms with van der Waals surface area (Å²) in [6.45, 7) is 5.89. The number of rotatable bonds is 6. The average molecular weight is 296 g/mol. The van der Waals surface area contributed by atoms with E-state index in [1.807, 2.05) is 18.2 Å². The molecule has 2 aliphatic rings. The van der Waals surface area contributed by atoms with Crippen molar-refractivity contribution in [3.63, 3.8) is 0 Å². The fourth-order valence-corrected chi connectivity index (χ4v) is 2.99. The number of aliphatic hydroxyl groups is 1. The summed E-state index contributed by atoms with van der Waals surface area (Å²) in [6.07, 6.45) is 2.59. The maximum atomic E-state index is 9.31. The van der Waals surface area contributed by atoms with E-state index in [4.69, 9.17) is 16.3 Å². The molecule has 1 saturated heterocycles. The van der Waals surface area contributed by atoms with Crippen molar-refractivity contribution in [2.24, 2.45) is 11.3 Å². The van der Waals surface area contributed by atoms with Crippen molar-refractivity contribution < 1.29 is 9.84 Å². The molecule has 1 saturated carbocycles. The van der Waals surface area contributed by atoms with Crippen LogP contribution in [0.1, 0.15) is 25.3 Å². The molecule has 0 bridgehead atoms. The van der Waals surface area contributed by atoms with Gasteiger partial charge in [0.05, 0.1) is 13.2 Å². The number of halogens is 1. The summed E-state index contributed by atoms with van der Waals surface area (Å²) in [5, 5.41) is 10.1. The van der Waals surface area contributed by atoms with Crippen LogP contribution in [0.2, 0.25) is 5.02 Å². The first-order valence-electron chi connectivity index (χ1n) is 7.32. The van der Waals surface area contributed by atoms with E-state index < -0.39 is 0 Å². The molecule has 110 valence electrons. The Kier molecular flexibility index (Phi) is 3.93. The highest BCUT2D eigenvalue weighted by Gasteiger charge is 2.38. The molecule has 0 unspecified atom stereocenters. The van der Waals surface area contributed by atoms with Crippen LogP contribution in [-0.4, -0.2) is 36.3 Å². The molecule has 1 aliphatic carbocycles. The summed E-state index contributed by atoms with van der Waals surface area (Å²) in [5.41, 5.74) is 1.21. The van der Waals surface area contributed by atoms with Crippen LogP contribution in [0.25, 0.3) is 0 Å². The quantitative estimate of drug-likeness (QED) is 0.876. The molecule has 0 spiro atoms. The normalized spacial score (nSPS) is 21.6. The second-order valence-electron chi connectivity index (χ2n) is 6.62. The van der Waals surface area contributed by atoms with Crippen LogP contribution in [0.4, 0.5) is 0 Å². The maximum absolute atomic E-state index is 9.31. The molecule has 3 nitrogen and oxygen atoms in total. The van der Waals surface area contributed by atoms with Gasteiger partial charge in [-0.2, -0.15) is 0 Å². The molecule has 20 heavy (non-hydrogen) atoms. The van der Waals surface area contributed by atoms with Crippen molar-refractivity contribution in [3.8, 4) is 5.75 Å². The largest absolute Gasteiger partial charge is 0.493 e. The number of likely N-dealkylation sites (tertiary alicyclic amines) is 1. The first-order chi connectivity index (χ1) is 9.58. The van der Waals surface area contributed by atoms with Crippen LogP contribution in [-0.2, 0) is 6.54 Å². The Morgan fingerprint density at radius 2 is 2.15 bits per heavy atom. The molecule has 2 fully saturated rings. The molecule has 0 atom stereocenters. The van der Waals surface area contributed by atoms with Gasteiger partial charge < -0.3 is 9.84 Å². The van der Waals surface area contributed by atoms with Crippen LogP contribution < -0.4 is 4.74 Å². The third-order valence-electron chi connectivity index (χ3n) is 4.18. The van der Waals surface area contributed by atoms with E-state index in [-0.39, 0.29) is 12.0 Å². The van der Waals surface area contributed by atoms with E-state index in [9.17, 15) is 5.11 Å². The zero-order valence-electron chi connectivity index (χ0n) is 11.9. The van der Waals surface area contributed by atoms with Gasteiger partial charge in [-0.3, -0.25) is 4.90 Å². The van der Waals surface area contributed by atoms with Crippen molar-refractivity contribution in [3.05, 3.63) is 28.8 Å². The highest BCUT2D eigenvalue weighted by molar-refractivity contribution is 6.30. The summed E-state index contributed by atoms with van der Waals surface area (Å²) in [5.74, 6) is 1.71. The molecule has 0 aromatic heterocycles. The van der Waals surface area contributed by atoms with Crippen molar-refractivity contribution in [1.29, 1.82) is 0 Å². The lowest BCUT2D eigenvalue weighted by atomic mass is 9.82. The van der Waals surface area contributed by atoms with Gasteiger partial charge >= 0.3 is 0 Å². The molecule has 0 amide bonds. The van der Waals surface area contributed by atoms with Gasteiger partial charge in [-0.15, -0.1) is 0 Å². The average Bonchev–Trinajstić information content (AvgIpc) is 3.20.